The molecule has 0 saturated carbocycles. The van der Waals surface area contributed by atoms with Gasteiger partial charge < -0.3 is 0 Å². The van der Waals surface area contributed by atoms with Gasteiger partial charge in [0, 0.05) is 15.8 Å². The van der Waals surface area contributed by atoms with E-state index >= 15 is 0 Å². The molecule has 0 spiro atoms. The Kier molecular flexibility index (Phi) is 4.78. The lowest BCUT2D eigenvalue weighted by Crippen LogP contribution is -2.03. The van der Waals surface area contributed by atoms with Crippen LogP contribution in [0.1, 0.15) is 33.3 Å². The number of hydrogen-bond donors (Lipinski definition) is 0. The van der Waals surface area contributed by atoms with Gasteiger partial charge >= 0.3 is 0 Å². The van der Waals surface area contributed by atoms with Gasteiger partial charge in [-0.3, -0.25) is 4.79 Å². The van der Waals surface area contributed by atoms with E-state index in [4.69, 9.17) is 0 Å². The van der Waals surface area contributed by atoms with Gasteiger partial charge in [0.1, 0.15) is 16.2 Å². The Labute approximate surface area is 144 Å². The SMILES string of the molecule is CCc1ccc(C(=O)CSc2ncnc3sc(C)c(C)c23)cc1. The zero-order chi connectivity index (χ0) is 16.4. The highest BCUT2D eigenvalue weighted by atomic mass is 32.2. The van der Waals surface area contributed by atoms with Crippen LogP contribution in [0.4, 0.5) is 0 Å². The molecule has 2 aromatic heterocycles. The highest BCUT2D eigenvalue weighted by Gasteiger charge is 2.14. The molecule has 0 amide bonds. The van der Waals surface area contributed by atoms with Crippen molar-refractivity contribution in [2.75, 3.05) is 5.75 Å². The number of rotatable bonds is 5. The van der Waals surface area contributed by atoms with Crippen molar-refractivity contribution in [1.29, 1.82) is 0 Å². The minimum atomic E-state index is 0.133. The summed E-state index contributed by atoms with van der Waals surface area (Å²) in [5.74, 6) is 0.528. The fourth-order valence-electron chi connectivity index (χ4n) is 2.40. The van der Waals surface area contributed by atoms with Crippen LogP contribution in [0.2, 0.25) is 0 Å². The van der Waals surface area contributed by atoms with Crippen LogP contribution in [-0.2, 0) is 6.42 Å². The number of Topliss-reactive ketones (excluding diaryl/α,β-unsaturated/α-hetero) is 1. The summed E-state index contributed by atoms with van der Waals surface area (Å²) in [6.07, 6.45) is 2.57. The lowest BCUT2D eigenvalue weighted by atomic mass is 10.1. The Morgan fingerprint density at radius 1 is 1.17 bits per heavy atom. The van der Waals surface area contributed by atoms with E-state index in [2.05, 4.69) is 30.7 Å². The van der Waals surface area contributed by atoms with Crippen LogP contribution >= 0.6 is 23.1 Å². The van der Waals surface area contributed by atoms with Crippen molar-refractivity contribution in [1.82, 2.24) is 9.97 Å². The summed E-state index contributed by atoms with van der Waals surface area (Å²) in [6, 6.07) is 7.87. The topological polar surface area (TPSA) is 42.9 Å². The van der Waals surface area contributed by atoms with E-state index in [1.165, 1.54) is 27.8 Å². The van der Waals surface area contributed by atoms with Gasteiger partial charge in [0.05, 0.1) is 5.75 Å². The number of thioether (sulfide) groups is 1. The first-order chi connectivity index (χ1) is 11.1. The van der Waals surface area contributed by atoms with Crippen LogP contribution in [0.15, 0.2) is 35.6 Å². The van der Waals surface area contributed by atoms with Gasteiger partial charge in [0.15, 0.2) is 5.78 Å². The minimum Gasteiger partial charge on any atom is -0.293 e. The van der Waals surface area contributed by atoms with Gasteiger partial charge in [-0.2, -0.15) is 0 Å². The number of hydrogen-bond acceptors (Lipinski definition) is 5. The number of ketones is 1. The molecule has 0 aliphatic carbocycles. The molecule has 0 bridgehead atoms. The minimum absolute atomic E-state index is 0.133. The van der Waals surface area contributed by atoms with E-state index in [-0.39, 0.29) is 5.78 Å². The van der Waals surface area contributed by atoms with E-state index in [1.54, 1.807) is 17.7 Å². The maximum Gasteiger partial charge on any atom is 0.173 e. The van der Waals surface area contributed by atoms with E-state index in [1.807, 2.05) is 24.3 Å². The van der Waals surface area contributed by atoms with Crippen molar-refractivity contribution in [3.63, 3.8) is 0 Å². The van der Waals surface area contributed by atoms with Gasteiger partial charge in [-0.1, -0.05) is 43.0 Å². The lowest BCUT2D eigenvalue weighted by Gasteiger charge is -2.04. The molecule has 3 aromatic rings. The monoisotopic (exact) mass is 342 g/mol. The molecule has 118 valence electrons. The molecule has 0 fully saturated rings. The third-order valence-electron chi connectivity index (χ3n) is 3.95. The number of aryl methyl sites for hydroxylation is 3. The second-order valence-electron chi connectivity index (χ2n) is 5.40. The first kappa shape index (κ1) is 16.1. The van der Waals surface area contributed by atoms with Crippen LogP contribution in [0.5, 0.6) is 0 Å². The van der Waals surface area contributed by atoms with Gasteiger partial charge in [-0.25, -0.2) is 9.97 Å². The second kappa shape index (κ2) is 6.81. The lowest BCUT2D eigenvalue weighted by molar-refractivity contribution is 0.102. The summed E-state index contributed by atoms with van der Waals surface area (Å²) in [5.41, 5.74) is 3.22. The van der Waals surface area contributed by atoms with Crippen LogP contribution in [0.3, 0.4) is 0 Å². The van der Waals surface area contributed by atoms with Gasteiger partial charge in [0.25, 0.3) is 0 Å². The average molecular weight is 342 g/mol. The number of carbonyl (C=O) groups is 1. The molecule has 2 heterocycles. The third kappa shape index (κ3) is 3.31. The molecular weight excluding hydrogens is 324 g/mol. The highest BCUT2D eigenvalue weighted by molar-refractivity contribution is 8.00. The van der Waals surface area contributed by atoms with Crippen LogP contribution in [-0.4, -0.2) is 21.5 Å². The molecule has 0 N–H and O–H groups in total. The van der Waals surface area contributed by atoms with Crippen molar-refractivity contribution in [3.8, 4) is 0 Å². The molecule has 0 saturated heterocycles. The summed E-state index contributed by atoms with van der Waals surface area (Å²) >= 11 is 3.17. The normalized spacial score (nSPS) is 11.1. The Hall–Kier alpha value is -1.72. The van der Waals surface area contributed by atoms with Crippen LogP contribution in [0, 0.1) is 13.8 Å². The van der Waals surface area contributed by atoms with Gasteiger partial charge in [-0.05, 0) is 31.4 Å². The number of fused-ring (bicyclic) bond motifs is 1. The fourth-order valence-corrected chi connectivity index (χ4v) is 4.41. The molecule has 0 atom stereocenters. The summed E-state index contributed by atoms with van der Waals surface area (Å²) in [5, 5.41) is 1.99. The molecule has 1 aromatic carbocycles. The summed E-state index contributed by atoms with van der Waals surface area (Å²) < 4.78 is 0. The first-order valence-corrected chi connectivity index (χ1v) is 9.36. The third-order valence-corrected chi connectivity index (χ3v) is 6.06. The molecule has 0 aliphatic heterocycles. The maximum absolute atomic E-state index is 12.4. The Morgan fingerprint density at radius 3 is 2.61 bits per heavy atom. The molecule has 0 radical (unpaired) electrons. The molecule has 23 heavy (non-hydrogen) atoms. The zero-order valence-electron chi connectivity index (χ0n) is 13.4. The number of benzene rings is 1. The van der Waals surface area contributed by atoms with Gasteiger partial charge in [-0.15, -0.1) is 11.3 Å². The Bertz CT molecular complexity index is 853. The first-order valence-electron chi connectivity index (χ1n) is 7.55. The number of aromatic nitrogens is 2. The predicted molar refractivity (Wildman–Crippen MR) is 97.8 cm³/mol. The van der Waals surface area contributed by atoms with Gasteiger partial charge in [0.2, 0.25) is 0 Å². The largest absolute Gasteiger partial charge is 0.293 e. The Morgan fingerprint density at radius 2 is 1.91 bits per heavy atom. The standard InChI is InChI=1S/C18H18N2OS2/c1-4-13-5-7-14(8-6-13)15(21)9-22-17-16-11(2)12(3)23-18(16)20-10-19-17/h5-8,10H,4,9H2,1-3H3. The molecule has 3 nitrogen and oxygen atoms in total. The summed E-state index contributed by atoms with van der Waals surface area (Å²) in [7, 11) is 0. The van der Waals surface area contributed by atoms with Crippen molar-refractivity contribution in [2.24, 2.45) is 0 Å². The zero-order valence-corrected chi connectivity index (χ0v) is 15.1. The quantitative estimate of drug-likeness (QED) is 0.378. The van der Waals surface area contributed by atoms with E-state index < -0.39 is 0 Å². The molecule has 5 heteroatoms. The summed E-state index contributed by atoms with van der Waals surface area (Å²) in [4.78, 5) is 23.4. The molecule has 0 unspecified atom stereocenters. The van der Waals surface area contributed by atoms with E-state index in [9.17, 15) is 4.79 Å². The smallest absolute Gasteiger partial charge is 0.173 e. The van der Waals surface area contributed by atoms with Crippen molar-refractivity contribution < 1.29 is 4.79 Å². The van der Waals surface area contributed by atoms with E-state index in [0.717, 1.165) is 27.2 Å². The van der Waals surface area contributed by atoms with E-state index in [0.29, 0.717) is 5.75 Å². The molecule has 0 aliphatic rings. The molecule has 3 rings (SSSR count). The number of thiophene rings is 1. The fraction of sp³-hybridized carbons (Fsp3) is 0.278. The van der Waals surface area contributed by atoms with Crippen LogP contribution < -0.4 is 0 Å². The van der Waals surface area contributed by atoms with Crippen molar-refractivity contribution in [3.05, 3.63) is 52.2 Å². The second-order valence-corrected chi connectivity index (χ2v) is 7.57. The number of carbonyl (C=O) groups excluding carboxylic acids is 1. The van der Waals surface area contributed by atoms with Crippen molar-refractivity contribution >= 4 is 39.1 Å². The number of nitrogens with zero attached hydrogens (tertiary/aromatic N) is 2. The average Bonchev–Trinajstić information content (AvgIpc) is 2.88. The highest BCUT2D eigenvalue weighted by Crippen LogP contribution is 2.34. The summed E-state index contributed by atoms with van der Waals surface area (Å²) in [6.45, 7) is 6.29. The van der Waals surface area contributed by atoms with Crippen molar-refractivity contribution in [2.45, 2.75) is 32.2 Å². The predicted octanol–water partition coefficient (Wildman–Crippen LogP) is 4.85. The maximum atomic E-state index is 12.4. The Balaban J connectivity index is 1.79. The van der Waals surface area contributed by atoms with Crippen LogP contribution in [0.25, 0.3) is 10.2 Å². The molecular formula is C18H18N2OS2.